The summed E-state index contributed by atoms with van der Waals surface area (Å²) in [5.74, 6) is 0.236. The fraction of sp³-hybridized carbons (Fsp3) is 0.481. The summed E-state index contributed by atoms with van der Waals surface area (Å²) in [5, 5.41) is 3.33. The van der Waals surface area contributed by atoms with Crippen molar-refractivity contribution in [2.45, 2.75) is 59.0 Å². The summed E-state index contributed by atoms with van der Waals surface area (Å²) in [6.45, 7) is 6.52. The maximum Gasteiger partial charge on any atom is 0.242 e. The van der Waals surface area contributed by atoms with Gasteiger partial charge in [-0.1, -0.05) is 43.6 Å². The van der Waals surface area contributed by atoms with E-state index in [4.69, 9.17) is 16.3 Å². The molecule has 2 aromatic carbocycles. The van der Waals surface area contributed by atoms with Crippen molar-refractivity contribution in [1.82, 2.24) is 10.2 Å². The molecule has 8 nitrogen and oxygen atoms in total. The molecule has 0 fully saturated rings. The lowest BCUT2D eigenvalue weighted by atomic mass is 10.1. The van der Waals surface area contributed by atoms with Crippen LogP contribution in [0.3, 0.4) is 0 Å². The van der Waals surface area contributed by atoms with Gasteiger partial charge >= 0.3 is 0 Å². The Morgan fingerprint density at radius 2 is 1.86 bits per heavy atom. The number of ether oxygens (including phenoxy) is 1. The van der Waals surface area contributed by atoms with Crippen molar-refractivity contribution in [1.29, 1.82) is 0 Å². The van der Waals surface area contributed by atoms with E-state index in [2.05, 4.69) is 5.32 Å². The summed E-state index contributed by atoms with van der Waals surface area (Å²) in [4.78, 5) is 28.0. The molecule has 37 heavy (non-hydrogen) atoms. The van der Waals surface area contributed by atoms with Gasteiger partial charge in [0, 0.05) is 31.1 Å². The van der Waals surface area contributed by atoms with E-state index in [9.17, 15) is 18.0 Å². The summed E-state index contributed by atoms with van der Waals surface area (Å²) in [7, 11) is -2.03. The largest absolute Gasteiger partial charge is 0.497 e. The maximum absolute atomic E-state index is 13.5. The van der Waals surface area contributed by atoms with Crippen LogP contribution in [0.4, 0.5) is 5.69 Å². The Labute approximate surface area is 226 Å². The molecule has 204 valence electrons. The molecule has 0 aromatic heterocycles. The predicted octanol–water partition coefficient (Wildman–Crippen LogP) is 4.54. The van der Waals surface area contributed by atoms with Crippen molar-refractivity contribution in [3.05, 3.63) is 58.6 Å². The molecule has 0 unspecified atom stereocenters. The van der Waals surface area contributed by atoms with Crippen molar-refractivity contribution in [3.8, 4) is 5.75 Å². The zero-order chi connectivity index (χ0) is 27.6. The molecule has 1 N–H and O–H groups in total. The van der Waals surface area contributed by atoms with E-state index in [0.29, 0.717) is 29.4 Å². The van der Waals surface area contributed by atoms with Crippen LogP contribution >= 0.6 is 11.6 Å². The standard InChI is InChI=1S/C27H38ClN3O5S/c1-6-15-29-27(33)24(7-2)30(19-21-10-8-11-23(17-21)36-4)26(32)12-9-16-31(37(5,34)35)25-18-22(28)14-13-20(25)3/h8,10-11,13-14,17-18,24H,6-7,9,12,15-16,19H2,1-5H3,(H,29,33)/t24-/m0/s1. The average Bonchev–Trinajstić information content (AvgIpc) is 2.86. The highest BCUT2D eigenvalue weighted by atomic mass is 35.5. The second-order valence-corrected chi connectivity index (χ2v) is 11.3. The molecule has 2 amide bonds. The van der Waals surface area contributed by atoms with Crippen molar-refractivity contribution < 1.29 is 22.7 Å². The number of carbonyl (C=O) groups is 2. The zero-order valence-electron chi connectivity index (χ0n) is 22.3. The minimum atomic E-state index is -3.60. The van der Waals surface area contributed by atoms with Crippen LogP contribution in [0.25, 0.3) is 0 Å². The lowest BCUT2D eigenvalue weighted by molar-refractivity contribution is -0.141. The number of halogens is 1. The first-order valence-electron chi connectivity index (χ1n) is 12.5. The molecule has 0 radical (unpaired) electrons. The van der Waals surface area contributed by atoms with Crippen LogP contribution in [0.15, 0.2) is 42.5 Å². The Morgan fingerprint density at radius 1 is 1.14 bits per heavy atom. The highest BCUT2D eigenvalue weighted by Gasteiger charge is 2.29. The lowest BCUT2D eigenvalue weighted by Crippen LogP contribution is -2.49. The topological polar surface area (TPSA) is 96.0 Å². The van der Waals surface area contributed by atoms with E-state index in [1.165, 1.54) is 4.31 Å². The van der Waals surface area contributed by atoms with Crippen molar-refractivity contribution in [2.75, 3.05) is 30.8 Å². The second-order valence-electron chi connectivity index (χ2n) is 8.96. The first-order chi connectivity index (χ1) is 17.5. The number of hydrogen-bond acceptors (Lipinski definition) is 5. The molecule has 0 saturated heterocycles. The molecule has 0 aliphatic rings. The number of methoxy groups -OCH3 is 1. The smallest absolute Gasteiger partial charge is 0.242 e. The van der Waals surface area contributed by atoms with E-state index in [-0.39, 0.29) is 37.7 Å². The Balaban J connectivity index is 2.26. The number of nitrogens with zero attached hydrogens (tertiary/aromatic N) is 2. The second kappa shape index (κ2) is 14.2. The molecule has 0 aliphatic heterocycles. The monoisotopic (exact) mass is 551 g/mol. The van der Waals surface area contributed by atoms with Crippen LogP contribution in [-0.2, 0) is 26.2 Å². The first kappa shape index (κ1) is 30.4. The summed E-state index contributed by atoms with van der Waals surface area (Å²) in [5.41, 5.74) is 2.09. The van der Waals surface area contributed by atoms with Gasteiger partial charge in [0.2, 0.25) is 21.8 Å². The molecule has 2 rings (SSSR count). The molecule has 1 atom stereocenters. The summed E-state index contributed by atoms with van der Waals surface area (Å²) in [6.07, 6.45) is 2.72. The Hall–Kier alpha value is -2.78. The number of nitrogens with one attached hydrogen (secondary N) is 1. The Bertz CT molecular complexity index is 1170. The minimum absolute atomic E-state index is 0.0765. The summed E-state index contributed by atoms with van der Waals surface area (Å²) < 4.78 is 31.7. The number of aryl methyl sites for hydroxylation is 1. The van der Waals surface area contributed by atoms with Gasteiger partial charge in [-0.2, -0.15) is 0 Å². The molecule has 10 heteroatoms. The summed E-state index contributed by atoms with van der Waals surface area (Å²) in [6, 6.07) is 11.8. The average molecular weight is 552 g/mol. The first-order valence-corrected chi connectivity index (χ1v) is 14.7. The third-order valence-electron chi connectivity index (χ3n) is 6.01. The van der Waals surface area contributed by atoms with Crippen LogP contribution in [0, 0.1) is 6.92 Å². The molecule has 0 spiro atoms. The van der Waals surface area contributed by atoms with Crippen LogP contribution in [0.5, 0.6) is 5.75 Å². The normalized spacial score (nSPS) is 12.1. The van der Waals surface area contributed by atoms with Gasteiger partial charge in [0.25, 0.3) is 0 Å². The molecule has 0 heterocycles. The Kier molecular flexibility index (Phi) is 11.7. The molecule has 0 saturated carbocycles. The molecule has 0 aliphatic carbocycles. The number of carbonyl (C=O) groups excluding carboxylic acids is 2. The highest BCUT2D eigenvalue weighted by Crippen LogP contribution is 2.27. The number of sulfonamides is 1. The van der Waals surface area contributed by atoms with E-state index < -0.39 is 16.1 Å². The number of amides is 2. The van der Waals surface area contributed by atoms with Crippen molar-refractivity contribution in [2.24, 2.45) is 0 Å². The van der Waals surface area contributed by atoms with Crippen molar-refractivity contribution >= 4 is 39.1 Å². The summed E-state index contributed by atoms with van der Waals surface area (Å²) >= 11 is 6.12. The number of hydrogen-bond donors (Lipinski definition) is 1. The van der Waals surface area contributed by atoms with Gasteiger partial charge in [0.05, 0.1) is 19.1 Å². The quantitative estimate of drug-likeness (QED) is 0.372. The van der Waals surface area contributed by atoms with Crippen molar-refractivity contribution in [3.63, 3.8) is 0 Å². The van der Waals surface area contributed by atoms with E-state index >= 15 is 0 Å². The minimum Gasteiger partial charge on any atom is -0.497 e. The zero-order valence-corrected chi connectivity index (χ0v) is 23.9. The van der Waals surface area contributed by atoms with Gasteiger partial charge in [0.15, 0.2) is 0 Å². The molecular formula is C27H38ClN3O5S. The molecule has 0 bridgehead atoms. The fourth-order valence-electron chi connectivity index (χ4n) is 4.09. The number of benzene rings is 2. The number of rotatable bonds is 14. The van der Waals surface area contributed by atoms with Gasteiger partial charge in [-0.25, -0.2) is 8.42 Å². The van der Waals surface area contributed by atoms with E-state index in [0.717, 1.165) is 23.8 Å². The molecular weight excluding hydrogens is 514 g/mol. The Morgan fingerprint density at radius 3 is 2.49 bits per heavy atom. The van der Waals surface area contributed by atoms with Crippen LogP contribution in [0.2, 0.25) is 5.02 Å². The lowest BCUT2D eigenvalue weighted by Gasteiger charge is -2.31. The van der Waals surface area contributed by atoms with Gasteiger partial charge < -0.3 is 15.0 Å². The fourth-order valence-corrected chi connectivity index (χ4v) is 5.27. The van der Waals surface area contributed by atoms with Crippen LogP contribution in [0.1, 0.15) is 50.7 Å². The van der Waals surface area contributed by atoms with Gasteiger partial charge in [-0.15, -0.1) is 0 Å². The van der Waals surface area contributed by atoms with Crippen LogP contribution in [-0.4, -0.2) is 57.6 Å². The molecule has 2 aromatic rings. The van der Waals surface area contributed by atoms with Crippen LogP contribution < -0.4 is 14.4 Å². The van der Waals surface area contributed by atoms with E-state index in [1.54, 1.807) is 30.2 Å². The van der Waals surface area contributed by atoms with E-state index in [1.807, 2.05) is 45.0 Å². The van der Waals surface area contributed by atoms with Gasteiger partial charge in [0.1, 0.15) is 11.8 Å². The maximum atomic E-state index is 13.5. The predicted molar refractivity (Wildman–Crippen MR) is 149 cm³/mol. The van der Waals surface area contributed by atoms with Gasteiger partial charge in [-0.05, 0) is 61.6 Å². The number of anilines is 1. The SMILES string of the molecule is CCCNC(=O)[C@H](CC)N(Cc1cccc(OC)c1)C(=O)CCCN(c1cc(Cl)ccc1C)S(C)(=O)=O. The third kappa shape index (κ3) is 8.93. The third-order valence-corrected chi connectivity index (χ3v) is 7.43. The van der Waals surface area contributed by atoms with Gasteiger partial charge in [-0.3, -0.25) is 13.9 Å². The highest BCUT2D eigenvalue weighted by molar-refractivity contribution is 7.92.